The van der Waals surface area contributed by atoms with E-state index in [1.165, 1.54) is 0 Å². The summed E-state index contributed by atoms with van der Waals surface area (Å²) >= 11 is 0. The summed E-state index contributed by atoms with van der Waals surface area (Å²) in [5.41, 5.74) is 3.49. The second-order valence-corrected chi connectivity index (χ2v) is 6.99. The molecular weight excluding hydrogens is 380 g/mol. The first kappa shape index (κ1) is 19.5. The first-order valence-corrected chi connectivity index (χ1v) is 9.68. The van der Waals surface area contributed by atoms with E-state index < -0.39 is 0 Å². The van der Waals surface area contributed by atoms with Crippen LogP contribution in [0.1, 0.15) is 11.3 Å². The zero-order valence-electron chi connectivity index (χ0n) is 16.9. The number of pyridine rings is 1. The lowest BCUT2D eigenvalue weighted by atomic mass is 10.2. The first-order valence-electron chi connectivity index (χ1n) is 9.68. The van der Waals surface area contributed by atoms with Crippen molar-refractivity contribution in [3.63, 3.8) is 0 Å². The molecule has 1 aliphatic rings. The Labute approximate surface area is 174 Å². The summed E-state index contributed by atoms with van der Waals surface area (Å²) in [6.07, 6.45) is 1.67. The highest BCUT2D eigenvalue weighted by atomic mass is 16.5. The minimum atomic E-state index is -0.0758. The van der Waals surface area contributed by atoms with Gasteiger partial charge in [-0.3, -0.25) is 0 Å². The lowest BCUT2D eigenvalue weighted by Crippen LogP contribution is -2.32. The van der Waals surface area contributed by atoms with Crippen LogP contribution in [0.25, 0.3) is 11.2 Å². The van der Waals surface area contributed by atoms with Crippen molar-refractivity contribution in [3.05, 3.63) is 53.9 Å². The number of aromatic nitrogens is 3. The van der Waals surface area contributed by atoms with E-state index in [0.29, 0.717) is 49.0 Å². The highest BCUT2D eigenvalue weighted by Gasteiger charge is 2.19. The van der Waals surface area contributed by atoms with Gasteiger partial charge in [-0.05, 0) is 36.3 Å². The molecule has 8 nitrogen and oxygen atoms in total. The molecule has 1 aromatic carbocycles. The molecule has 0 radical (unpaired) electrons. The molecule has 3 heterocycles. The third kappa shape index (κ3) is 4.41. The monoisotopic (exact) mass is 402 g/mol. The van der Waals surface area contributed by atoms with Crippen LogP contribution in [0.3, 0.4) is 0 Å². The molecule has 1 N–H and O–H groups in total. The number of fused-ring (bicyclic) bond motifs is 1. The van der Waals surface area contributed by atoms with E-state index in [0.717, 1.165) is 11.3 Å². The van der Waals surface area contributed by atoms with Crippen LogP contribution in [0.15, 0.2) is 42.6 Å². The number of carbonyl (C=O) groups excluding carboxylic acids is 1. The van der Waals surface area contributed by atoms with Crippen molar-refractivity contribution >= 4 is 22.9 Å². The maximum absolute atomic E-state index is 11.7. The molecule has 4 rings (SSSR count). The molecule has 3 aromatic rings. The number of carbonyl (C=O) groups is 1. The van der Waals surface area contributed by atoms with Gasteiger partial charge >= 0.3 is 6.03 Å². The molecule has 0 atom stereocenters. The molecule has 2 amide bonds. The van der Waals surface area contributed by atoms with Crippen molar-refractivity contribution in [1.29, 1.82) is 0 Å². The summed E-state index contributed by atoms with van der Waals surface area (Å²) in [5, 5.41) is 2.77. The minimum Gasteiger partial charge on any atom is -0.474 e. The number of amides is 2. The average Bonchev–Trinajstić information content (AvgIpc) is 3.17. The molecule has 0 saturated carbocycles. The van der Waals surface area contributed by atoms with Crippen LogP contribution in [0.4, 0.5) is 10.5 Å². The molecule has 0 bridgehead atoms. The number of anilines is 1. The molecule has 30 heavy (non-hydrogen) atoms. The van der Waals surface area contributed by atoms with Crippen LogP contribution in [-0.2, 0) is 0 Å². The van der Waals surface area contributed by atoms with Gasteiger partial charge < -0.3 is 19.9 Å². The quantitative estimate of drug-likeness (QED) is 0.657. The fourth-order valence-electron chi connectivity index (χ4n) is 3.03. The molecule has 1 saturated heterocycles. The van der Waals surface area contributed by atoms with E-state index >= 15 is 0 Å². The van der Waals surface area contributed by atoms with Gasteiger partial charge in [-0.2, -0.15) is 0 Å². The lowest BCUT2D eigenvalue weighted by molar-refractivity contribution is 0.201. The summed E-state index contributed by atoms with van der Waals surface area (Å²) in [6.45, 7) is 2.10. The van der Waals surface area contributed by atoms with Crippen LogP contribution < -0.4 is 15.0 Å². The molecule has 0 unspecified atom stereocenters. The number of nitrogens with one attached hydrogen (secondary N) is 1. The lowest BCUT2D eigenvalue weighted by Gasteiger charge is -2.14. The fourth-order valence-corrected chi connectivity index (χ4v) is 3.03. The van der Waals surface area contributed by atoms with Crippen molar-refractivity contribution in [1.82, 2.24) is 25.2 Å². The SMILES string of the molecule is CN(C)c1cccc(C#Cc2nc3ncccc3nc2OCCN2CCNC2=O)c1. The number of ether oxygens (including phenoxy) is 1. The van der Waals surface area contributed by atoms with E-state index in [-0.39, 0.29) is 6.03 Å². The predicted octanol–water partition coefficient (Wildman–Crippen LogP) is 1.89. The topological polar surface area (TPSA) is 83.5 Å². The van der Waals surface area contributed by atoms with E-state index in [1.54, 1.807) is 17.2 Å². The molecule has 152 valence electrons. The second kappa shape index (κ2) is 8.66. The van der Waals surface area contributed by atoms with Crippen LogP contribution in [0, 0.1) is 11.8 Å². The number of nitrogens with zero attached hydrogens (tertiary/aromatic N) is 5. The van der Waals surface area contributed by atoms with Crippen molar-refractivity contribution in [2.75, 3.05) is 45.2 Å². The Morgan fingerprint density at radius 1 is 1.20 bits per heavy atom. The molecular formula is C22H22N6O2. The maximum Gasteiger partial charge on any atom is 0.317 e. The smallest absolute Gasteiger partial charge is 0.317 e. The standard InChI is InChI=1S/C22H22N6O2/c1-27(2)17-6-3-5-16(15-17)8-9-19-21(26-18-7-4-10-23-20(18)25-19)30-14-13-28-12-11-24-22(28)29/h3-7,10,15H,11-14H2,1-2H3,(H,24,29). The molecule has 8 heteroatoms. The Hall–Kier alpha value is -3.86. The second-order valence-electron chi connectivity index (χ2n) is 6.99. The van der Waals surface area contributed by atoms with E-state index in [2.05, 4.69) is 32.1 Å². The zero-order valence-corrected chi connectivity index (χ0v) is 16.9. The summed E-state index contributed by atoms with van der Waals surface area (Å²) in [6, 6.07) is 11.5. The van der Waals surface area contributed by atoms with Gasteiger partial charge in [0.2, 0.25) is 5.88 Å². The molecule has 1 aliphatic heterocycles. The minimum absolute atomic E-state index is 0.0758. The Kier molecular flexibility index (Phi) is 5.61. The van der Waals surface area contributed by atoms with Gasteiger partial charge in [0.1, 0.15) is 12.1 Å². The summed E-state index contributed by atoms with van der Waals surface area (Å²) in [4.78, 5) is 28.8. The number of rotatable bonds is 5. The normalized spacial score (nSPS) is 13.0. The maximum atomic E-state index is 11.7. The van der Waals surface area contributed by atoms with Crippen molar-refractivity contribution < 1.29 is 9.53 Å². The number of hydrogen-bond acceptors (Lipinski definition) is 6. The third-order valence-corrected chi connectivity index (χ3v) is 4.64. The Bertz CT molecular complexity index is 1140. The Balaban J connectivity index is 1.60. The van der Waals surface area contributed by atoms with Crippen molar-refractivity contribution in [2.45, 2.75) is 0 Å². The third-order valence-electron chi connectivity index (χ3n) is 4.64. The van der Waals surface area contributed by atoms with Crippen LogP contribution >= 0.6 is 0 Å². The van der Waals surface area contributed by atoms with Gasteiger partial charge in [0, 0.05) is 44.6 Å². The van der Waals surface area contributed by atoms with E-state index in [1.807, 2.05) is 49.3 Å². The Morgan fingerprint density at radius 2 is 2.10 bits per heavy atom. The molecule has 2 aromatic heterocycles. The molecule has 1 fully saturated rings. The van der Waals surface area contributed by atoms with Crippen molar-refractivity contribution in [3.8, 4) is 17.7 Å². The van der Waals surface area contributed by atoms with E-state index in [9.17, 15) is 4.79 Å². The van der Waals surface area contributed by atoms with Crippen LogP contribution in [-0.4, -0.2) is 66.2 Å². The average molecular weight is 402 g/mol. The molecule has 0 spiro atoms. The van der Waals surface area contributed by atoms with Gasteiger partial charge in [-0.15, -0.1) is 0 Å². The first-order chi connectivity index (χ1) is 14.6. The highest BCUT2D eigenvalue weighted by molar-refractivity contribution is 5.76. The predicted molar refractivity (Wildman–Crippen MR) is 115 cm³/mol. The van der Waals surface area contributed by atoms with Crippen LogP contribution in [0.2, 0.25) is 0 Å². The summed E-state index contributed by atoms with van der Waals surface area (Å²) in [5.74, 6) is 6.55. The van der Waals surface area contributed by atoms with Gasteiger partial charge in [-0.1, -0.05) is 12.0 Å². The van der Waals surface area contributed by atoms with Crippen LogP contribution in [0.5, 0.6) is 5.88 Å². The van der Waals surface area contributed by atoms with Gasteiger partial charge in [0.05, 0.1) is 6.54 Å². The number of urea groups is 1. The van der Waals surface area contributed by atoms with Gasteiger partial charge in [0.25, 0.3) is 0 Å². The number of benzene rings is 1. The summed E-state index contributed by atoms with van der Waals surface area (Å²) in [7, 11) is 3.97. The number of hydrogen-bond donors (Lipinski definition) is 1. The summed E-state index contributed by atoms with van der Waals surface area (Å²) < 4.78 is 5.87. The fraction of sp³-hybridized carbons (Fsp3) is 0.273. The van der Waals surface area contributed by atoms with Gasteiger partial charge in [-0.25, -0.2) is 19.7 Å². The Morgan fingerprint density at radius 3 is 2.90 bits per heavy atom. The molecule has 0 aliphatic carbocycles. The largest absolute Gasteiger partial charge is 0.474 e. The highest BCUT2D eigenvalue weighted by Crippen LogP contribution is 2.18. The van der Waals surface area contributed by atoms with Crippen molar-refractivity contribution in [2.24, 2.45) is 0 Å². The van der Waals surface area contributed by atoms with E-state index in [4.69, 9.17) is 4.74 Å². The van der Waals surface area contributed by atoms with Gasteiger partial charge in [0.15, 0.2) is 11.3 Å². The zero-order chi connectivity index (χ0) is 20.9.